The smallest absolute Gasteiger partial charge is 0.547 e. The van der Waals surface area contributed by atoms with E-state index in [1.807, 2.05) is 0 Å². The maximum absolute atomic E-state index is 12.2. The van der Waals surface area contributed by atoms with Crippen molar-refractivity contribution in [3.8, 4) is 0 Å². The minimum Gasteiger partial charge on any atom is -0.547 e. The van der Waals surface area contributed by atoms with Crippen LogP contribution in [0.3, 0.4) is 0 Å². The Hall–Kier alpha value is -0.740. The molecule has 3 aliphatic heterocycles. The van der Waals surface area contributed by atoms with Gasteiger partial charge in [-0.3, -0.25) is 0 Å². The normalized spacial score (nSPS) is 40.0. The van der Waals surface area contributed by atoms with Crippen molar-refractivity contribution >= 4 is 12.0 Å². The molecule has 14 atom stereocenters. The first-order chi connectivity index (χ1) is 22.4. The number of hydrogen-bond acceptors (Lipinski definition) is 15. The fourth-order valence-corrected chi connectivity index (χ4v) is 6.65. The van der Waals surface area contributed by atoms with Gasteiger partial charge in [-0.2, -0.15) is 0 Å². The number of aliphatic hydroxyl groups is 6. The van der Waals surface area contributed by atoms with Gasteiger partial charge in [0.25, 0.3) is 0 Å². The summed E-state index contributed by atoms with van der Waals surface area (Å²) >= 11 is 0. The van der Waals surface area contributed by atoms with Crippen LogP contribution in [0.5, 0.6) is 0 Å². The maximum atomic E-state index is 12.2. The average molecular weight is 703 g/mol. The van der Waals surface area contributed by atoms with Crippen molar-refractivity contribution in [3.63, 3.8) is 0 Å². The number of carboxylic acids is 1. The molecule has 8 N–H and O–H groups in total. The first-order valence-corrected chi connectivity index (χ1v) is 16.6. The number of nitrogens with one attached hydrogen (secondary N) is 2. The molecule has 48 heavy (non-hydrogen) atoms. The third kappa shape index (κ3) is 10.6. The fourth-order valence-electron chi connectivity index (χ4n) is 6.65. The summed E-state index contributed by atoms with van der Waals surface area (Å²) in [5.74, 6) is -1.42. The first kappa shape index (κ1) is 41.7. The Labute approximate surface area is 301 Å². The number of urea groups is 1. The topological polar surface area (TPSA) is 258 Å². The van der Waals surface area contributed by atoms with Crippen LogP contribution >= 0.6 is 0 Å². The van der Waals surface area contributed by atoms with Crippen LogP contribution in [-0.4, -0.2) is 155 Å². The monoisotopic (exact) mass is 702 g/mol. The number of aliphatic carboxylic acids is 1. The third-order valence-electron chi connectivity index (χ3n) is 9.36. The van der Waals surface area contributed by atoms with Gasteiger partial charge in [0.2, 0.25) is 0 Å². The molecule has 0 radical (unpaired) electrons. The summed E-state index contributed by atoms with van der Waals surface area (Å²) in [5, 5.41) is 80.7. The SMILES string of the molecule is CCNC(=O)NCC1OCC[C@H](O[C@H]2O[C@@H](CO)[C@@H](O)[C@H](O[C@@H](CC3CCCCC3)C(=O)[O-])[C@H]2O)[C@H]1O[C@H]1O[C@H](C)[C@H](O)[C@@H](O)[C@@H]1O.[Na+]. The van der Waals surface area contributed by atoms with E-state index in [4.69, 9.17) is 28.4 Å². The van der Waals surface area contributed by atoms with Gasteiger partial charge in [0, 0.05) is 19.7 Å². The van der Waals surface area contributed by atoms with E-state index in [9.17, 15) is 45.3 Å². The average Bonchev–Trinajstić information content (AvgIpc) is 3.05. The van der Waals surface area contributed by atoms with Crippen LogP contribution < -0.4 is 45.3 Å². The molecule has 4 fully saturated rings. The van der Waals surface area contributed by atoms with Gasteiger partial charge in [-0.05, 0) is 32.6 Å². The molecule has 1 saturated carbocycles. The molecule has 0 aromatic heterocycles. The van der Waals surface area contributed by atoms with Crippen LogP contribution in [0.2, 0.25) is 0 Å². The Kier molecular flexibility index (Phi) is 17.2. The second-order valence-corrected chi connectivity index (χ2v) is 12.7. The molecule has 3 saturated heterocycles. The second-order valence-electron chi connectivity index (χ2n) is 12.7. The zero-order chi connectivity index (χ0) is 34.2. The molecule has 1 aliphatic carbocycles. The molecule has 4 aliphatic rings. The van der Waals surface area contributed by atoms with Gasteiger partial charge in [-0.15, -0.1) is 0 Å². The van der Waals surface area contributed by atoms with E-state index < -0.39 is 104 Å². The van der Waals surface area contributed by atoms with Crippen LogP contribution in [0.1, 0.15) is 58.8 Å². The zero-order valence-corrected chi connectivity index (χ0v) is 29.8. The molecule has 0 spiro atoms. The van der Waals surface area contributed by atoms with Gasteiger partial charge < -0.3 is 79.6 Å². The van der Waals surface area contributed by atoms with Crippen molar-refractivity contribution in [1.29, 1.82) is 0 Å². The van der Waals surface area contributed by atoms with Gasteiger partial charge in [0.1, 0.15) is 54.9 Å². The van der Waals surface area contributed by atoms with E-state index >= 15 is 0 Å². The number of ether oxygens (including phenoxy) is 6. The van der Waals surface area contributed by atoms with Crippen LogP contribution in [-0.2, 0) is 33.2 Å². The Morgan fingerprint density at radius 3 is 2.19 bits per heavy atom. The van der Waals surface area contributed by atoms with Gasteiger partial charge in [-0.25, -0.2) is 4.79 Å². The van der Waals surface area contributed by atoms with Crippen molar-refractivity contribution in [2.45, 2.75) is 145 Å². The molecule has 3 heterocycles. The van der Waals surface area contributed by atoms with E-state index in [1.54, 1.807) is 6.92 Å². The van der Waals surface area contributed by atoms with Crippen molar-refractivity contribution in [2.24, 2.45) is 5.92 Å². The number of amides is 2. The Bertz CT molecular complexity index is 996. The standard InChI is InChI=1S/C30H52N2O15.Na/c1-3-31-30(41)32-12-18-25(47-28-23(37)22(36)20(34)14(2)43-28)16(9-10-42-18)45-29-24(38)26(21(35)19(13-33)46-29)44-17(27(39)40)11-15-7-5-4-6-8-15;/h14-26,28-29,33-38H,3-13H2,1-2H3,(H,39,40)(H2,31,32,41);/q;+1/p-1/t14-,16+,17+,18?,19+,20+,21-,22-,23+,24-,25-,26+,28-,29+;/m1./s1. The van der Waals surface area contributed by atoms with E-state index in [0.717, 1.165) is 32.1 Å². The van der Waals surface area contributed by atoms with Crippen molar-refractivity contribution in [3.05, 3.63) is 0 Å². The van der Waals surface area contributed by atoms with Gasteiger partial charge >= 0.3 is 35.6 Å². The second kappa shape index (κ2) is 19.8. The van der Waals surface area contributed by atoms with Crippen LogP contribution in [0, 0.1) is 5.92 Å². The Balaban J connectivity index is 0.00000625. The number of carbonyl (C=O) groups excluding carboxylic acids is 2. The summed E-state index contributed by atoms with van der Waals surface area (Å²) < 4.78 is 35.3. The third-order valence-corrected chi connectivity index (χ3v) is 9.36. The summed E-state index contributed by atoms with van der Waals surface area (Å²) in [4.78, 5) is 24.2. The minimum absolute atomic E-state index is 0. The quantitative estimate of drug-likeness (QED) is 0.0831. The van der Waals surface area contributed by atoms with Crippen molar-refractivity contribution < 1.29 is 103 Å². The molecular weight excluding hydrogens is 651 g/mol. The molecule has 0 bridgehead atoms. The Morgan fingerprint density at radius 2 is 1.54 bits per heavy atom. The summed E-state index contributed by atoms with van der Waals surface area (Å²) in [6, 6.07) is -0.486. The molecule has 18 heteroatoms. The van der Waals surface area contributed by atoms with Crippen molar-refractivity contribution in [2.75, 3.05) is 26.3 Å². The number of aliphatic hydroxyl groups excluding tert-OH is 6. The van der Waals surface area contributed by atoms with Gasteiger partial charge in [-0.1, -0.05) is 32.1 Å². The summed E-state index contributed by atoms with van der Waals surface area (Å²) in [6.45, 7) is 2.88. The van der Waals surface area contributed by atoms with Crippen LogP contribution in [0.15, 0.2) is 0 Å². The van der Waals surface area contributed by atoms with Gasteiger partial charge in [0.05, 0.1) is 30.9 Å². The molecule has 0 aromatic carbocycles. The number of carbonyl (C=O) groups is 2. The van der Waals surface area contributed by atoms with Crippen molar-refractivity contribution in [1.82, 2.24) is 10.6 Å². The van der Waals surface area contributed by atoms with Gasteiger partial charge in [0.15, 0.2) is 12.6 Å². The molecule has 272 valence electrons. The van der Waals surface area contributed by atoms with Crippen LogP contribution in [0.4, 0.5) is 4.79 Å². The summed E-state index contributed by atoms with van der Waals surface area (Å²) in [5.41, 5.74) is 0. The van der Waals surface area contributed by atoms with E-state index in [1.165, 1.54) is 6.92 Å². The maximum Gasteiger partial charge on any atom is 1.00 e. The molecule has 4 rings (SSSR count). The van der Waals surface area contributed by atoms with E-state index in [2.05, 4.69) is 10.6 Å². The molecule has 0 aromatic rings. The molecule has 2 amide bonds. The predicted molar refractivity (Wildman–Crippen MR) is 156 cm³/mol. The molecule has 17 nitrogen and oxygen atoms in total. The predicted octanol–water partition coefficient (Wildman–Crippen LogP) is -6.39. The number of hydrogen-bond donors (Lipinski definition) is 8. The zero-order valence-electron chi connectivity index (χ0n) is 27.8. The summed E-state index contributed by atoms with van der Waals surface area (Å²) in [7, 11) is 0. The largest absolute Gasteiger partial charge is 1.00 e. The minimum atomic E-state index is -1.73. The summed E-state index contributed by atoms with van der Waals surface area (Å²) in [6.07, 6.45) is -14.4. The number of carboxylic acid groups (broad SMARTS) is 1. The van der Waals surface area contributed by atoms with E-state index in [0.29, 0.717) is 6.54 Å². The van der Waals surface area contributed by atoms with Crippen LogP contribution in [0.25, 0.3) is 0 Å². The number of rotatable bonds is 13. The first-order valence-electron chi connectivity index (χ1n) is 16.6. The van der Waals surface area contributed by atoms with E-state index in [-0.39, 0.29) is 61.5 Å². The Morgan fingerprint density at radius 1 is 0.854 bits per heavy atom. The molecular formula is C30H51N2NaO15. The fraction of sp³-hybridized carbons (Fsp3) is 0.933. The molecule has 1 unspecified atom stereocenters.